The Labute approximate surface area is 115 Å². The summed E-state index contributed by atoms with van der Waals surface area (Å²) in [5, 5.41) is 0. The summed E-state index contributed by atoms with van der Waals surface area (Å²) in [6, 6.07) is 9.67. The lowest BCUT2D eigenvalue weighted by Crippen LogP contribution is -1.98. The summed E-state index contributed by atoms with van der Waals surface area (Å²) in [6.45, 7) is 4.12. The molecule has 2 rings (SSSR count). The number of ether oxygens (including phenoxy) is 1. The molecular weight excluding hydrogens is 292 g/mol. The van der Waals surface area contributed by atoms with E-state index in [1.165, 1.54) is 0 Å². The van der Waals surface area contributed by atoms with Gasteiger partial charge in [-0.3, -0.25) is 0 Å². The zero-order valence-corrected chi connectivity index (χ0v) is 12.1. The molecule has 0 aliphatic carbocycles. The molecule has 0 radical (unpaired) electrons. The number of rotatable bonds is 4. The van der Waals surface area contributed by atoms with Crippen LogP contribution in [0, 0.1) is 6.92 Å². The van der Waals surface area contributed by atoms with Crippen LogP contribution in [-0.2, 0) is 6.42 Å². The first-order valence-corrected chi connectivity index (χ1v) is 6.75. The molecule has 3 nitrogen and oxygen atoms in total. The highest BCUT2D eigenvalue weighted by molar-refractivity contribution is 9.10. The van der Waals surface area contributed by atoms with Gasteiger partial charge in [0, 0.05) is 12.5 Å². The quantitative estimate of drug-likeness (QED) is 0.790. The van der Waals surface area contributed by atoms with Crippen LogP contribution in [0.5, 0.6) is 11.6 Å². The van der Waals surface area contributed by atoms with Crippen LogP contribution in [0.1, 0.15) is 24.7 Å². The molecule has 1 heterocycles. The third-order valence-corrected chi connectivity index (χ3v) is 2.91. The van der Waals surface area contributed by atoms with E-state index in [1.54, 1.807) is 6.07 Å². The maximum Gasteiger partial charge on any atom is 0.223 e. The molecule has 94 valence electrons. The Morgan fingerprint density at radius 2 is 2.00 bits per heavy atom. The highest BCUT2D eigenvalue weighted by Gasteiger charge is 2.06. The molecule has 0 fully saturated rings. The van der Waals surface area contributed by atoms with E-state index in [1.807, 2.05) is 31.2 Å². The fourth-order valence-corrected chi connectivity index (χ4v) is 2.01. The zero-order valence-electron chi connectivity index (χ0n) is 10.5. The molecule has 0 N–H and O–H groups in total. The molecule has 0 atom stereocenters. The Hall–Kier alpha value is -1.42. The first-order chi connectivity index (χ1) is 8.69. The predicted octanol–water partition coefficient (Wildman–Crippen LogP) is 4.29. The Kier molecular flexibility index (Phi) is 4.31. The smallest absolute Gasteiger partial charge is 0.223 e. The third kappa shape index (κ3) is 3.29. The Bertz CT molecular complexity index is 543. The SMILES string of the molecule is CCCc1nc(Br)cc(Oc2ccccc2C)n1. The molecule has 0 aliphatic heterocycles. The second-order valence-corrected chi connectivity index (χ2v) is 4.88. The first-order valence-electron chi connectivity index (χ1n) is 5.96. The molecule has 1 aromatic heterocycles. The van der Waals surface area contributed by atoms with E-state index in [4.69, 9.17) is 4.74 Å². The fourth-order valence-electron chi connectivity index (χ4n) is 1.61. The summed E-state index contributed by atoms with van der Waals surface area (Å²) in [5.41, 5.74) is 1.09. The number of aryl methyl sites for hydroxylation is 2. The van der Waals surface area contributed by atoms with Crippen LogP contribution in [0.4, 0.5) is 0 Å². The van der Waals surface area contributed by atoms with Gasteiger partial charge in [0.15, 0.2) is 0 Å². The van der Waals surface area contributed by atoms with Crippen LogP contribution in [-0.4, -0.2) is 9.97 Å². The zero-order chi connectivity index (χ0) is 13.0. The van der Waals surface area contributed by atoms with Crippen LogP contribution in [0.25, 0.3) is 0 Å². The lowest BCUT2D eigenvalue weighted by atomic mass is 10.2. The van der Waals surface area contributed by atoms with Gasteiger partial charge in [-0.2, -0.15) is 4.98 Å². The van der Waals surface area contributed by atoms with Crippen molar-refractivity contribution < 1.29 is 4.74 Å². The number of para-hydroxylation sites is 1. The van der Waals surface area contributed by atoms with E-state index in [0.29, 0.717) is 5.88 Å². The molecule has 0 unspecified atom stereocenters. The van der Waals surface area contributed by atoms with Crippen molar-refractivity contribution in [2.24, 2.45) is 0 Å². The van der Waals surface area contributed by atoms with Crippen LogP contribution in [0.2, 0.25) is 0 Å². The predicted molar refractivity (Wildman–Crippen MR) is 75.0 cm³/mol. The largest absolute Gasteiger partial charge is 0.439 e. The molecule has 4 heteroatoms. The number of benzene rings is 1. The highest BCUT2D eigenvalue weighted by atomic mass is 79.9. The summed E-state index contributed by atoms with van der Waals surface area (Å²) in [4.78, 5) is 8.71. The van der Waals surface area contributed by atoms with Gasteiger partial charge in [-0.15, -0.1) is 0 Å². The van der Waals surface area contributed by atoms with E-state index in [-0.39, 0.29) is 0 Å². The van der Waals surface area contributed by atoms with Gasteiger partial charge in [0.25, 0.3) is 0 Å². The number of aromatic nitrogens is 2. The van der Waals surface area contributed by atoms with Crippen LogP contribution in [0.15, 0.2) is 34.9 Å². The summed E-state index contributed by atoms with van der Waals surface area (Å²) in [5.74, 6) is 2.20. The maximum atomic E-state index is 5.80. The van der Waals surface area contributed by atoms with Gasteiger partial charge in [0.2, 0.25) is 5.88 Å². The topological polar surface area (TPSA) is 35.0 Å². The second kappa shape index (κ2) is 5.96. The average molecular weight is 307 g/mol. The lowest BCUT2D eigenvalue weighted by molar-refractivity contribution is 0.454. The first kappa shape index (κ1) is 13.0. The van der Waals surface area contributed by atoms with E-state index in [9.17, 15) is 0 Å². The molecule has 0 saturated carbocycles. The van der Waals surface area contributed by atoms with Crippen molar-refractivity contribution in [2.45, 2.75) is 26.7 Å². The average Bonchev–Trinajstić information content (AvgIpc) is 2.32. The molecule has 0 spiro atoms. The maximum absolute atomic E-state index is 5.80. The fraction of sp³-hybridized carbons (Fsp3) is 0.286. The molecule has 0 aliphatic rings. The summed E-state index contributed by atoms with van der Waals surface area (Å²) < 4.78 is 6.55. The minimum Gasteiger partial charge on any atom is -0.439 e. The summed E-state index contributed by atoms with van der Waals surface area (Å²) in [6.07, 6.45) is 1.86. The van der Waals surface area contributed by atoms with Gasteiger partial charge in [-0.25, -0.2) is 4.98 Å². The van der Waals surface area contributed by atoms with Crippen molar-refractivity contribution in [2.75, 3.05) is 0 Å². The Morgan fingerprint density at radius 1 is 1.22 bits per heavy atom. The molecule has 2 aromatic rings. The van der Waals surface area contributed by atoms with Crippen molar-refractivity contribution in [1.82, 2.24) is 9.97 Å². The van der Waals surface area contributed by atoms with Gasteiger partial charge in [0.05, 0.1) is 0 Å². The van der Waals surface area contributed by atoms with Crippen molar-refractivity contribution in [3.63, 3.8) is 0 Å². The summed E-state index contributed by atoms with van der Waals surface area (Å²) in [7, 11) is 0. The molecule has 0 bridgehead atoms. The number of hydrogen-bond acceptors (Lipinski definition) is 3. The lowest BCUT2D eigenvalue weighted by Gasteiger charge is -2.08. The Morgan fingerprint density at radius 3 is 2.72 bits per heavy atom. The van der Waals surface area contributed by atoms with Gasteiger partial charge in [0.1, 0.15) is 16.2 Å². The van der Waals surface area contributed by atoms with Crippen molar-refractivity contribution >= 4 is 15.9 Å². The molecule has 0 saturated heterocycles. The number of halogens is 1. The van der Waals surface area contributed by atoms with Gasteiger partial charge in [-0.05, 0) is 40.9 Å². The molecule has 18 heavy (non-hydrogen) atoms. The minimum atomic E-state index is 0.578. The van der Waals surface area contributed by atoms with Crippen LogP contribution < -0.4 is 4.74 Å². The third-order valence-electron chi connectivity index (χ3n) is 2.50. The van der Waals surface area contributed by atoms with Gasteiger partial charge < -0.3 is 4.74 Å². The van der Waals surface area contributed by atoms with Crippen LogP contribution >= 0.6 is 15.9 Å². The molecule has 1 aromatic carbocycles. The van der Waals surface area contributed by atoms with Crippen molar-refractivity contribution in [3.8, 4) is 11.6 Å². The van der Waals surface area contributed by atoms with E-state index >= 15 is 0 Å². The second-order valence-electron chi connectivity index (χ2n) is 4.06. The number of hydrogen-bond donors (Lipinski definition) is 0. The van der Waals surface area contributed by atoms with E-state index < -0.39 is 0 Å². The monoisotopic (exact) mass is 306 g/mol. The van der Waals surface area contributed by atoms with E-state index in [2.05, 4.69) is 32.8 Å². The molecule has 0 amide bonds. The summed E-state index contributed by atoms with van der Waals surface area (Å²) >= 11 is 3.38. The Balaban J connectivity index is 2.26. The number of nitrogens with zero attached hydrogens (tertiary/aromatic N) is 2. The van der Waals surface area contributed by atoms with Gasteiger partial charge >= 0.3 is 0 Å². The normalized spacial score (nSPS) is 10.4. The minimum absolute atomic E-state index is 0.578. The van der Waals surface area contributed by atoms with Crippen molar-refractivity contribution in [1.29, 1.82) is 0 Å². The molecular formula is C14H15BrN2O. The van der Waals surface area contributed by atoms with E-state index in [0.717, 1.165) is 34.6 Å². The highest BCUT2D eigenvalue weighted by Crippen LogP contribution is 2.24. The van der Waals surface area contributed by atoms with Crippen LogP contribution in [0.3, 0.4) is 0 Å². The van der Waals surface area contributed by atoms with Crippen molar-refractivity contribution in [3.05, 3.63) is 46.3 Å². The standard InChI is InChI=1S/C14H15BrN2O/c1-3-6-13-16-12(15)9-14(17-13)18-11-8-5-4-7-10(11)2/h4-5,7-9H,3,6H2,1-2H3. The van der Waals surface area contributed by atoms with Gasteiger partial charge in [-0.1, -0.05) is 25.1 Å².